The van der Waals surface area contributed by atoms with Gasteiger partial charge in [-0.3, -0.25) is 43.5 Å². The third-order valence-corrected chi connectivity index (χ3v) is 14.8. The van der Waals surface area contributed by atoms with Crippen LogP contribution in [0, 0.1) is 0 Å². The third kappa shape index (κ3) is 11.5. The molecule has 3 heterocycles. The second-order valence-electron chi connectivity index (χ2n) is 15.9. The molecular formula is C54H49N3O10S3. The maximum absolute atomic E-state index is 12.6. The van der Waals surface area contributed by atoms with Crippen LogP contribution in [-0.2, 0) is 0 Å². The summed E-state index contributed by atoms with van der Waals surface area (Å²) >= 11 is 4.45. The molecule has 358 valence electrons. The zero-order valence-corrected chi connectivity index (χ0v) is 40.0. The third-order valence-electron chi connectivity index (χ3n) is 11.5. The quantitative estimate of drug-likeness (QED) is 0.0407. The number of fused-ring (bicyclic) bond motifs is 3. The van der Waals surface area contributed by atoms with Crippen molar-refractivity contribution in [3.05, 3.63) is 210 Å². The van der Waals surface area contributed by atoms with Gasteiger partial charge in [0.25, 0.3) is 35.4 Å². The van der Waals surface area contributed by atoms with E-state index < -0.39 is 61.1 Å². The Balaban J connectivity index is 0.000000155. The van der Waals surface area contributed by atoms with E-state index in [4.69, 9.17) is 0 Å². The summed E-state index contributed by atoms with van der Waals surface area (Å²) in [5.74, 6) is -0.988. The standard InChI is InChI=1S/2C18H17NO4S.C18H15NO2S/c2*20-10-16(21)15(11-24-12-6-2-1-3-7-12)19-17(22)13-8-4-5-9-14(13)18(19)23;1-2-13(12-22-14-8-4-3-5-9-14)19-17(20)15-10-6-7-11-16(15)18(19)21/h2*1-9,15-16,20-21H,10-11H2;2-11,13H,1,12H2/t15-,16+;15-,16-;13-/m001/s1. The molecule has 6 aromatic rings. The lowest BCUT2D eigenvalue weighted by Gasteiger charge is -2.29. The fraction of sp³-hybridized carbons (Fsp3) is 0.185. The fourth-order valence-electron chi connectivity index (χ4n) is 7.83. The first-order valence-electron chi connectivity index (χ1n) is 22.1. The molecule has 3 aliphatic heterocycles. The van der Waals surface area contributed by atoms with Crippen LogP contribution in [0.25, 0.3) is 0 Å². The summed E-state index contributed by atoms with van der Waals surface area (Å²) < 4.78 is 0. The smallest absolute Gasteiger partial charge is 0.262 e. The number of imide groups is 3. The zero-order valence-electron chi connectivity index (χ0n) is 37.6. The van der Waals surface area contributed by atoms with Crippen molar-refractivity contribution < 1.29 is 49.2 Å². The van der Waals surface area contributed by atoms with Gasteiger partial charge in [0.1, 0.15) is 0 Å². The van der Waals surface area contributed by atoms with Crippen molar-refractivity contribution in [2.24, 2.45) is 0 Å². The highest BCUT2D eigenvalue weighted by Gasteiger charge is 2.44. The Kier molecular flexibility index (Phi) is 17.8. The topological polar surface area (TPSA) is 193 Å². The predicted octanol–water partition coefficient (Wildman–Crippen LogP) is 7.22. The Hall–Kier alpha value is -6.63. The Morgan fingerprint density at radius 1 is 0.386 bits per heavy atom. The molecule has 0 spiro atoms. The number of nitrogens with zero attached hydrogens (tertiary/aromatic N) is 3. The predicted molar refractivity (Wildman–Crippen MR) is 270 cm³/mol. The number of hydrogen-bond donors (Lipinski definition) is 4. The van der Waals surface area contributed by atoms with Crippen molar-refractivity contribution in [2.75, 3.05) is 30.5 Å². The zero-order chi connectivity index (χ0) is 49.7. The number of aliphatic hydroxyl groups is 4. The van der Waals surface area contributed by atoms with Crippen molar-refractivity contribution in [1.29, 1.82) is 0 Å². The van der Waals surface area contributed by atoms with E-state index in [1.165, 1.54) is 28.4 Å². The normalized spacial score (nSPS) is 15.7. The van der Waals surface area contributed by atoms with Crippen LogP contribution >= 0.6 is 35.3 Å². The van der Waals surface area contributed by atoms with Gasteiger partial charge in [-0.1, -0.05) is 97.1 Å². The Bertz CT molecular complexity index is 2600. The van der Waals surface area contributed by atoms with Crippen molar-refractivity contribution >= 4 is 70.7 Å². The molecule has 6 aromatic carbocycles. The molecule has 9 rings (SSSR count). The lowest BCUT2D eigenvalue weighted by atomic mass is 10.1. The van der Waals surface area contributed by atoms with Crippen molar-refractivity contribution in [3.63, 3.8) is 0 Å². The summed E-state index contributed by atoms with van der Waals surface area (Å²) in [5.41, 5.74) is 2.29. The Morgan fingerprint density at radius 2 is 0.629 bits per heavy atom. The average molecular weight is 996 g/mol. The highest BCUT2D eigenvalue weighted by molar-refractivity contribution is 7.99. The second kappa shape index (κ2) is 24.3. The highest BCUT2D eigenvalue weighted by Crippen LogP contribution is 2.32. The molecule has 0 aliphatic carbocycles. The monoisotopic (exact) mass is 995 g/mol. The second-order valence-corrected chi connectivity index (χ2v) is 19.2. The first kappa shape index (κ1) is 51.2. The molecule has 5 atom stereocenters. The summed E-state index contributed by atoms with van der Waals surface area (Å²) in [7, 11) is 0. The van der Waals surface area contributed by atoms with E-state index in [2.05, 4.69) is 6.58 Å². The van der Waals surface area contributed by atoms with Gasteiger partial charge in [0.2, 0.25) is 0 Å². The highest BCUT2D eigenvalue weighted by atomic mass is 32.2. The largest absolute Gasteiger partial charge is 0.394 e. The first-order chi connectivity index (χ1) is 34.0. The van der Waals surface area contributed by atoms with Crippen molar-refractivity contribution in [3.8, 4) is 0 Å². The minimum absolute atomic E-state index is 0.237. The average Bonchev–Trinajstić information content (AvgIpc) is 3.92. The number of hydrogen-bond acceptors (Lipinski definition) is 13. The number of amides is 6. The number of benzene rings is 6. The number of carbonyl (C=O) groups is 6. The molecule has 0 fully saturated rings. The van der Waals surface area contributed by atoms with Gasteiger partial charge in [0.15, 0.2) is 0 Å². The van der Waals surface area contributed by atoms with Crippen LogP contribution in [0.2, 0.25) is 0 Å². The van der Waals surface area contributed by atoms with Gasteiger partial charge in [-0.2, -0.15) is 0 Å². The van der Waals surface area contributed by atoms with Gasteiger partial charge in [-0.25, -0.2) is 0 Å². The summed E-state index contributed by atoms with van der Waals surface area (Å²) in [5, 5.41) is 39.0. The maximum Gasteiger partial charge on any atom is 0.262 e. The van der Waals surface area contributed by atoms with Crippen LogP contribution in [0.5, 0.6) is 0 Å². The molecule has 6 amide bonds. The SMILES string of the molecule is C=C[C@H](CSc1ccccc1)N1C(=O)c2ccccc2C1=O.O=C1c2ccccc2C(=O)N1[C@@H](CSc1ccccc1)[C@@H](O)CO.O=C1c2ccccc2C(=O)N1[C@@H](CSc1ccccc1)[C@H](O)CO. The van der Waals surface area contributed by atoms with E-state index in [1.807, 2.05) is 91.0 Å². The van der Waals surface area contributed by atoms with E-state index in [9.17, 15) is 49.2 Å². The van der Waals surface area contributed by atoms with Crippen LogP contribution in [-0.4, -0.2) is 131 Å². The van der Waals surface area contributed by atoms with E-state index in [0.717, 1.165) is 24.5 Å². The summed E-state index contributed by atoms with van der Waals surface area (Å²) in [6.07, 6.45) is -0.718. The van der Waals surface area contributed by atoms with Gasteiger partial charge in [-0.15, -0.1) is 41.9 Å². The van der Waals surface area contributed by atoms with Crippen molar-refractivity contribution in [2.45, 2.75) is 45.0 Å². The molecule has 4 N–H and O–H groups in total. The van der Waals surface area contributed by atoms with Gasteiger partial charge in [-0.05, 0) is 72.8 Å². The summed E-state index contributed by atoms with van der Waals surface area (Å²) in [4.78, 5) is 81.7. The van der Waals surface area contributed by atoms with Gasteiger partial charge in [0.05, 0.1) is 76.9 Å². The number of carbonyl (C=O) groups excluding carboxylic acids is 6. The molecule has 0 bridgehead atoms. The van der Waals surface area contributed by atoms with Crippen LogP contribution in [0.3, 0.4) is 0 Å². The molecule has 0 unspecified atom stereocenters. The van der Waals surface area contributed by atoms with E-state index in [-0.39, 0.29) is 17.9 Å². The number of thioether (sulfide) groups is 3. The van der Waals surface area contributed by atoms with Crippen molar-refractivity contribution in [1.82, 2.24) is 14.7 Å². The lowest BCUT2D eigenvalue weighted by Crippen LogP contribution is -2.49. The van der Waals surface area contributed by atoms with Gasteiger partial charge < -0.3 is 20.4 Å². The van der Waals surface area contributed by atoms with E-state index in [1.54, 1.807) is 90.6 Å². The fourth-order valence-corrected chi connectivity index (χ4v) is 11.0. The molecule has 13 nitrogen and oxygen atoms in total. The Labute approximate surface area is 417 Å². The summed E-state index contributed by atoms with van der Waals surface area (Å²) in [6, 6.07) is 47.1. The lowest BCUT2D eigenvalue weighted by molar-refractivity contribution is 0.0202. The van der Waals surface area contributed by atoms with Crippen LogP contribution in [0.4, 0.5) is 0 Å². The number of aliphatic hydroxyl groups excluding tert-OH is 4. The first-order valence-corrected chi connectivity index (χ1v) is 25.1. The molecule has 70 heavy (non-hydrogen) atoms. The molecular weight excluding hydrogens is 947 g/mol. The summed E-state index contributed by atoms with van der Waals surface area (Å²) in [6.45, 7) is 2.75. The van der Waals surface area contributed by atoms with Gasteiger partial charge in [0, 0.05) is 31.9 Å². The minimum atomic E-state index is -1.19. The number of rotatable bonds is 17. The maximum atomic E-state index is 12.6. The molecule has 0 saturated carbocycles. The molecule has 16 heteroatoms. The molecule has 0 radical (unpaired) electrons. The molecule has 0 aromatic heterocycles. The van der Waals surface area contributed by atoms with Crippen LogP contribution in [0.1, 0.15) is 62.1 Å². The minimum Gasteiger partial charge on any atom is -0.394 e. The molecule has 3 aliphatic rings. The van der Waals surface area contributed by atoms with Crippen LogP contribution < -0.4 is 0 Å². The van der Waals surface area contributed by atoms with E-state index >= 15 is 0 Å². The van der Waals surface area contributed by atoms with E-state index in [0.29, 0.717) is 50.6 Å². The molecule has 0 saturated heterocycles. The van der Waals surface area contributed by atoms with Gasteiger partial charge >= 0.3 is 0 Å². The Morgan fingerprint density at radius 3 is 0.886 bits per heavy atom. The van der Waals surface area contributed by atoms with Crippen LogP contribution in [0.15, 0.2) is 191 Å².